The van der Waals surface area contributed by atoms with Gasteiger partial charge in [0.2, 0.25) is 0 Å². The third-order valence-corrected chi connectivity index (χ3v) is 3.66. The molecule has 2 N–H and O–H groups in total. The van der Waals surface area contributed by atoms with Gasteiger partial charge in [-0.15, -0.1) is 42.4 Å². The molecule has 0 radical (unpaired) electrons. The standard InChI is InChI=1S/C9H11N5.C9H7N5.ClH/c2*1-7-11-13-14(12-7)9-4-2-8(6-10)3-5-9;/h2-5H,6,10H2,1H3;2-5H,1H3;1H. The van der Waals surface area contributed by atoms with Crippen LogP contribution in [-0.2, 0) is 6.54 Å². The van der Waals surface area contributed by atoms with Crippen molar-refractivity contribution in [2.24, 2.45) is 5.73 Å². The van der Waals surface area contributed by atoms with E-state index in [0.717, 1.165) is 16.9 Å². The lowest BCUT2D eigenvalue weighted by Crippen LogP contribution is -2.00. The van der Waals surface area contributed by atoms with E-state index in [1.807, 2.05) is 30.3 Å². The maximum atomic E-state index is 8.60. The Morgan fingerprint density at radius 3 is 1.62 bits per heavy atom. The summed E-state index contributed by atoms with van der Waals surface area (Å²) in [6.07, 6.45) is 0. The lowest BCUT2D eigenvalue weighted by atomic mass is 10.2. The molecule has 0 saturated carbocycles. The molecule has 148 valence electrons. The molecular weight excluding hydrogens is 392 g/mol. The molecule has 29 heavy (non-hydrogen) atoms. The molecule has 0 aliphatic rings. The molecule has 0 unspecified atom stereocenters. The molecule has 4 aromatic rings. The van der Waals surface area contributed by atoms with Crippen molar-refractivity contribution >= 4 is 12.4 Å². The summed E-state index contributed by atoms with van der Waals surface area (Å²) in [5, 5.41) is 32.0. The van der Waals surface area contributed by atoms with Crippen molar-refractivity contribution in [3.8, 4) is 17.4 Å². The minimum atomic E-state index is 0. The Kier molecular flexibility index (Phi) is 7.47. The van der Waals surface area contributed by atoms with E-state index in [9.17, 15) is 0 Å². The topological polar surface area (TPSA) is 137 Å². The number of tetrazole rings is 2. The molecule has 11 heteroatoms. The first-order valence-electron chi connectivity index (χ1n) is 8.42. The Balaban J connectivity index is 0.000000200. The van der Waals surface area contributed by atoms with Gasteiger partial charge in [-0.05, 0) is 66.2 Å². The first kappa shape index (κ1) is 21.6. The Labute approximate surface area is 173 Å². The lowest BCUT2D eigenvalue weighted by molar-refractivity contribution is 0.718. The Morgan fingerprint density at radius 2 is 1.28 bits per heavy atom. The van der Waals surface area contributed by atoms with Crippen molar-refractivity contribution in [1.29, 1.82) is 5.26 Å². The molecule has 0 atom stereocenters. The van der Waals surface area contributed by atoms with E-state index in [1.165, 1.54) is 9.59 Å². The number of nitriles is 1. The Hall–Kier alpha value is -3.68. The number of hydrogen-bond acceptors (Lipinski definition) is 8. The van der Waals surface area contributed by atoms with E-state index in [0.29, 0.717) is 23.8 Å². The molecule has 0 spiro atoms. The molecule has 0 aliphatic heterocycles. The summed E-state index contributed by atoms with van der Waals surface area (Å²) in [7, 11) is 0. The minimum Gasteiger partial charge on any atom is -0.326 e. The normalized spacial score (nSPS) is 9.72. The highest BCUT2D eigenvalue weighted by molar-refractivity contribution is 5.85. The van der Waals surface area contributed by atoms with Gasteiger partial charge < -0.3 is 5.73 Å². The minimum absolute atomic E-state index is 0. The second-order valence-corrected chi connectivity index (χ2v) is 5.78. The first-order chi connectivity index (χ1) is 13.6. The number of aromatic nitrogens is 8. The zero-order valence-electron chi connectivity index (χ0n) is 15.8. The van der Waals surface area contributed by atoms with Gasteiger partial charge in [0.05, 0.1) is 23.0 Å². The fraction of sp³-hybridized carbons (Fsp3) is 0.167. The Bertz CT molecular complexity index is 1080. The van der Waals surface area contributed by atoms with Crippen LogP contribution >= 0.6 is 12.4 Å². The predicted octanol–water partition coefficient (Wildman–Crippen LogP) is 1.69. The van der Waals surface area contributed by atoms with Gasteiger partial charge in [-0.3, -0.25) is 0 Å². The zero-order chi connectivity index (χ0) is 19.9. The Morgan fingerprint density at radius 1 is 0.828 bits per heavy atom. The molecule has 4 rings (SSSR count). The average molecular weight is 411 g/mol. The van der Waals surface area contributed by atoms with Gasteiger partial charge in [0.25, 0.3) is 0 Å². The fourth-order valence-electron chi connectivity index (χ4n) is 2.22. The van der Waals surface area contributed by atoms with Crippen molar-refractivity contribution in [2.45, 2.75) is 20.4 Å². The number of nitrogens with zero attached hydrogens (tertiary/aromatic N) is 9. The van der Waals surface area contributed by atoms with E-state index >= 15 is 0 Å². The van der Waals surface area contributed by atoms with Crippen molar-refractivity contribution < 1.29 is 0 Å². The van der Waals surface area contributed by atoms with Crippen LogP contribution < -0.4 is 5.73 Å². The van der Waals surface area contributed by atoms with E-state index in [4.69, 9.17) is 11.0 Å². The SMILES string of the molecule is Cc1nnn(-c2ccc(C#N)cc2)n1.Cc1nnn(-c2ccc(CN)cc2)n1.Cl. The smallest absolute Gasteiger partial charge is 0.172 e. The summed E-state index contributed by atoms with van der Waals surface area (Å²) in [5.74, 6) is 1.28. The molecule has 10 nitrogen and oxygen atoms in total. The molecule has 2 aromatic carbocycles. The average Bonchev–Trinajstić information content (AvgIpc) is 3.37. The second-order valence-electron chi connectivity index (χ2n) is 5.78. The number of halogens is 1. The van der Waals surface area contributed by atoms with Crippen molar-refractivity contribution in [3.63, 3.8) is 0 Å². The van der Waals surface area contributed by atoms with E-state index in [-0.39, 0.29) is 12.4 Å². The van der Waals surface area contributed by atoms with Crippen LogP contribution in [0.1, 0.15) is 22.8 Å². The third-order valence-electron chi connectivity index (χ3n) is 3.66. The van der Waals surface area contributed by atoms with Crippen molar-refractivity contribution in [1.82, 2.24) is 40.4 Å². The van der Waals surface area contributed by atoms with Gasteiger partial charge in [0, 0.05) is 6.54 Å². The number of aryl methyl sites for hydroxylation is 2. The van der Waals surface area contributed by atoms with E-state index in [1.54, 1.807) is 38.1 Å². The molecule has 2 heterocycles. The van der Waals surface area contributed by atoms with Crippen LogP contribution in [0.4, 0.5) is 0 Å². The van der Waals surface area contributed by atoms with Crippen LogP contribution in [0.25, 0.3) is 11.4 Å². The van der Waals surface area contributed by atoms with Crippen LogP contribution in [-0.4, -0.2) is 40.4 Å². The summed E-state index contributed by atoms with van der Waals surface area (Å²) in [6.45, 7) is 4.12. The summed E-state index contributed by atoms with van der Waals surface area (Å²) in [6, 6.07) is 16.8. The third kappa shape index (κ3) is 5.65. The summed E-state index contributed by atoms with van der Waals surface area (Å²) in [5.41, 5.74) is 8.88. The summed E-state index contributed by atoms with van der Waals surface area (Å²) in [4.78, 5) is 2.92. The quantitative estimate of drug-likeness (QED) is 0.538. The highest BCUT2D eigenvalue weighted by Gasteiger charge is 2.01. The maximum absolute atomic E-state index is 8.60. The molecule has 0 fully saturated rings. The van der Waals surface area contributed by atoms with Gasteiger partial charge in [-0.2, -0.15) is 5.26 Å². The number of rotatable bonds is 3. The van der Waals surface area contributed by atoms with Gasteiger partial charge in [-0.25, -0.2) is 0 Å². The van der Waals surface area contributed by atoms with Crippen molar-refractivity contribution in [3.05, 3.63) is 71.3 Å². The monoisotopic (exact) mass is 410 g/mol. The van der Waals surface area contributed by atoms with Crippen LogP contribution in [0.15, 0.2) is 48.5 Å². The lowest BCUT2D eigenvalue weighted by Gasteiger charge is -1.99. The van der Waals surface area contributed by atoms with Crippen LogP contribution in [0.5, 0.6) is 0 Å². The highest BCUT2D eigenvalue weighted by atomic mass is 35.5. The highest BCUT2D eigenvalue weighted by Crippen LogP contribution is 2.07. The largest absolute Gasteiger partial charge is 0.326 e. The number of nitrogens with two attached hydrogens (primary N) is 1. The number of hydrogen-bond donors (Lipinski definition) is 1. The molecule has 2 aromatic heterocycles. The summed E-state index contributed by atoms with van der Waals surface area (Å²) < 4.78 is 0. The fourth-order valence-corrected chi connectivity index (χ4v) is 2.22. The van der Waals surface area contributed by atoms with Gasteiger partial charge in [-0.1, -0.05) is 12.1 Å². The van der Waals surface area contributed by atoms with E-state index < -0.39 is 0 Å². The van der Waals surface area contributed by atoms with Gasteiger partial charge in [0.1, 0.15) is 0 Å². The molecule has 0 amide bonds. The van der Waals surface area contributed by atoms with Crippen molar-refractivity contribution in [2.75, 3.05) is 0 Å². The van der Waals surface area contributed by atoms with Crippen LogP contribution in [0.2, 0.25) is 0 Å². The second kappa shape index (κ2) is 10.0. The summed E-state index contributed by atoms with van der Waals surface area (Å²) >= 11 is 0. The predicted molar refractivity (Wildman–Crippen MR) is 108 cm³/mol. The maximum Gasteiger partial charge on any atom is 0.172 e. The van der Waals surface area contributed by atoms with Crippen LogP contribution in [0, 0.1) is 25.2 Å². The van der Waals surface area contributed by atoms with Gasteiger partial charge >= 0.3 is 0 Å². The molecule has 0 saturated heterocycles. The van der Waals surface area contributed by atoms with Gasteiger partial charge in [0.15, 0.2) is 11.6 Å². The molecule has 0 aliphatic carbocycles. The molecule has 0 bridgehead atoms. The number of benzene rings is 2. The zero-order valence-corrected chi connectivity index (χ0v) is 16.7. The molecular formula is C18H19ClN10. The van der Waals surface area contributed by atoms with Crippen LogP contribution in [0.3, 0.4) is 0 Å². The first-order valence-corrected chi connectivity index (χ1v) is 8.42. The van der Waals surface area contributed by atoms with E-state index in [2.05, 4.69) is 30.8 Å².